The number of nitrogens with one attached hydrogen (secondary N) is 1. The number of carboxylic acids is 1. The number of carbonyl (C=O) groups is 1. The average Bonchev–Trinajstić information content (AvgIpc) is 2.99. The Labute approximate surface area is 115 Å². The first-order chi connectivity index (χ1) is 9.65. The standard InChI is InChI=1S/C15H15N3O2/c1-18-9-10(6-7-14(19)20)15(17-18)12-8-16-13-5-3-2-4-11(12)13/h2-5,8-9,16H,6-7H2,1H3,(H,19,20). The molecule has 0 amide bonds. The zero-order valence-corrected chi connectivity index (χ0v) is 11.1. The van der Waals surface area contributed by atoms with E-state index < -0.39 is 5.97 Å². The molecule has 0 fully saturated rings. The van der Waals surface area contributed by atoms with E-state index in [1.54, 1.807) is 4.68 Å². The van der Waals surface area contributed by atoms with Crippen LogP contribution in [-0.4, -0.2) is 25.8 Å². The Morgan fingerprint density at radius 1 is 1.40 bits per heavy atom. The summed E-state index contributed by atoms with van der Waals surface area (Å²) < 4.78 is 1.73. The predicted molar refractivity (Wildman–Crippen MR) is 76.5 cm³/mol. The number of carboxylic acid groups (broad SMARTS) is 1. The first-order valence-electron chi connectivity index (χ1n) is 6.46. The van der Waals surface area contributed by atoms with Crippen LogP contribution in [0.1, 0.15) is 12.0 Å². The fourth-order valence-corrected chi connectivity index (χ4v) is 2.46. The third-order valence-electron chi connectivity index (χ3n) is 3.36. The molecule has 20 heavy (non-hydrogen) atoms. The largest absolute Gasteiger partial charge is 0.481 e. The van der Waals surface area contributed by atoms with Crippen LogP contribution in [-0.2, 0) is 18.3 Å². The quantitative estimate of drug-likeness (QED) is 0.764. The lowest BCUT2D eigenvalue weighted by Gasteiger charge is -1.99. The third-order valence-corrected chi connectivity index (χ3v) is 3.36. The molecule has 5 nitrogen and oxygen atoms in total. The number of hydrogen-bond donors (Lipinski definition) is 2. The Balaban J connectivity index is 2.07. The lowest BCUT2D eigenvalue weighted by molar-refractivity contribution is -0.136. The van der Waals surface area contributed by atoms with E-state index in [0.29, 0.717) is 6.42 Å². The molecule has 0 bridgehead atoms. The Bertz CT molecular complexity index is 770. The molecule has 1 aromatic carbocycles. The van der Waals surface area contributed by atoms with E-state index in [1.807, 2.05) is 43.7 Å². The van der Waals surface area contributed by atoms with Gasteiger partial charge >= 0.3 is 5.97 Å². The summed E-state index contributed by atoms with van der Waals surface area (Å²) in [6.07, 6.45) is 4.41. The second-order valence-electron chi connectivity index (χ2n) is 4.82. The van der Waals surface area contributed by atoms with Crippen molar-refractivity contribution in [2.24, 2.45) is 7.05 Å². The van der Waals surface area contributed by atoms with Gasteiger partial charge in [-0.25, -0.2) is 0 Å². The van der Waals surface area contributed by atoms with E-state index in [2.05, 4.69) is 10.1 Å². The Morgan fingerprint density at radius 3 is 3.00 bits per heavy atom. The van der Waals surface area contributed by atoms with Gasteiger partial charge in [0.05, 0.1) is 5.69 Å². The summed E-state index contributed by atoms with van der Waals surface area (Å²) >= 11 is 0. The molecule has 0 aliphatic carbocycles. The zero-order chi connectivity index (χ0) is 14.1. The normalized spacial score (nSPS) is 11.1. The van der Waals surface area contributed by atoms with Crippen molar-refractivity contribution in [3.8, 4) is 11.3 Å². The minimum absolute atomic E-state index is 0.112. The number of fused-ring (bicyclic) bond motifs is 1. The van der Waals surface area contributed by atoms with E-state index >= 15 is 0 Å². The van der Waals surface area contributed by atoms with Crippen LogP contribution in [0.15, 0.2) is 36.7 Å². The van der Waals surface area contributed by atoms with Crippen LogP contribution in [0.4, 0.5) is 0 Å². The lowest BCUT2D eigenvalue weighted by atomic mass is 10.0. The van der Waals surface area contributed by atoms with Gasteiger partial charge in [0.25, 0.3) is 0 Å². The summed E-state index contributed by atoms with van der Waals surface area (Å²) in [5.41, 5.74) is 3.88. The molecule has 0 saturated heterocycles. The molecule has 3 aromatic rings. The minimum Gasteiger partial charge on any atom is -0.481 e. The fraction of sp³-hybridized carbons (Fsp3) is 0.200. The number of nitrogens with zero attached hydrogens (tertiary/aromatic N) is 2. The summed E-state index contributed by atoms with van der Waals surface area (Å²) in [6, 6.07) is 8.02. The summed E-state index contributed by atoms with van der Waals surface area (Å²) in [4.78, 5) is 14.0. The third kappa shape index (κ3) is 2.18. The molecule has 2 aromatic heterocycles. The van der Waals surface area contributed by atoms with Gasteiger partial charge in [0, 0.05) is 42.3 Å². The highest BCUT2D eigenvalue weighted by Gasteiger charge is 2.14. The molecular formula is C15H15N3O2. The number of hydrogen-bond acceptors (Lipinski definition) is 2. The Hall–Kier alpha value is -2.56. The first kappa shape index (κ1) is 12.5. The van der Waals surface area contributed by atoms with Gasteiger partial charge in [-0.3, -0.25) is 9.48 Å². The highest BCUT2D eigenvalue weighted by molar-refractivity contribution is 5.95. The molecule has 0 saturated carbocycles. The minimum atomic E-state index is -0.793. The highest BCUT2D eigenvalue weighted by Crippen LogP contribution is 2.30. The van der Waals surface area contributed by atoms with Crippen molar-refractivity contribution in [3.05, 3.63) is 42.2 Å². The number of aromatic nitrogens is 3. The van der Waals surface area contributed by atoms with Gasteiger partial charge in [0.15, 0.2) is 0 Å². The predicted octanol–water partition coefficient (Wildman–Crippen LogP) is 2.59. The van der Waals surface area contributed by atoms with E-state index in [1.165, 1.54) is 0 Å². The van der Waals surface area contributed by atoms with E-state index in [0.717, 1.165) is 27.7 Å². The van der Waals surface area contributed by atoms with Crippen molar-refractivity contribution in [3.63, 3.8) is 0 Å². The Morgan fingerprint density at radius 2 is 2.20 bits per heavy atom. The van der Waals surface area contributed by atoms with Gasteiger partial charge in [-0.1, -0.05) is 18.2 Å². The molecule has 5 heteroatoms. The van der Waals surface area contributed by atoms with Gasteiger partial charge in [0.2, 0.25) is 0 Å². The molecule has 2 N–H and O–H groups in total. The van der Waals surface area contributed by atoms with Gasteiger partial charge < -0.3 is 10.1 Å². The van der Waals surface area contributed by atoms with Crippen LogP contribution in [0.5, 0.6) is 0 Å². The second-order valence-corrected chi connectivity index (χ2v) is 4.82. The molecular weight excluding hydrogens is 254 g/mol. The maximum Gasteiger partial charge on any atom is 0.303 e. The smallest absolute Gasteiger partial charge is 0.303 e. The van der Waals surface area contributed by atoms with Crippen molar-refractivity contribution in [2.75, 3.05) is 0 Å². The SMILES string of the molecule is Cn1cc(CCC(=O)O)c(-c2c[nH]c3ccccc23)n1. The number of para-hydroxylation sites is 1. The van der Waals surface area contributed by atoms with Crippen molar-refractivity contribution in [1.29, 1.82) is 0 Å². The molecule has 0 radical (unpaired) electrons. The molecule has 3 rings (SSSR count). The van der Waals surface area contributed by atoms with Crippen LogP contribution >= 0.6 is 0 Å². The van der Waals surface area contributed by atoms with Gasteiger partial charge in [-0.2, -0.15) is 5.10 Å². The molecule has 0 aliphatic rings. The van der Waals surface area contributed by atoms with E-state index in [9.17, 15) is 4.79 Å². The van der Waals surface area contributed by atoms with Crippen LogP contribution in [0.2, 0.25) is 0 Å². The fourth-order valence-electron chi connectivity index (χ4n) is 2.46. The van der Waals surface area contributed by atoms with Gasteiger partial charge in [0.1, 0.15) is 0 Å². The summed E-state index contributed by atoms with van der Waals surface area (Å²) in [5, 5.41) is 14.4. The number of aromatic amines is 1. The molecule has 102 valence electrons. The number of aliphatic carboxylic acids is 1. The highest BCUT2D eigenvalue weighted by atomic mass is 16.4. The molecule has 0 unspecified atom stereocenters. The molecule has 2 heterocycles. The summed E-state index contributed by atoms with van der Waals surface area (Å²) in [6.45, 7) is 0. The zero-order valence-electron chi connectivity index (χ0n) is 11.1. The Kier molecular flexibility index (Phi) is 3.02. The van der Waals surface area contributed by atoms with Gasteiger partial charge in [-0.15, -0.1) is 0 Å². The van der Waals surface area contributed by atoms with Crippen molar-refractivity contribution in [1.82, 2.24) is 14.8 Å². The van der Waals surface area contributed by atoms with Crippen LogP contribution in [0, 0.1) is 0 Å². The monoisotopic (exact) mass is 269 g/mol. The van der Waals surface area contributed by atoms with Crippen molar-refractivity contribution < 1.29 is 9.90 Å². The maximum absolute atomic E-state index is 10.8. The summed E-state index contributed by atoms with van der Waals surface area (Å²) in [5.74, 6) is -0.793. The van der Waals surface area contributed by atoms with Crippen molar-refractivity contribution >= 4 is 16.9 Å². The molecule has 0 aliphatic heterocycles. The number of aryl methyl sites for hydroxylation is 2. The van der Waals surface area contributed by atoms with Crippen LogP contribution in [0.25, 0.3) is 22.2 Å². The summed E-state index contributed by atoms with van der Waals surface area (Å²) in [7, 11) is 1.85. The maximum atomic E-state index is 10.8. The molecule has 0 atom stereocenters. The number of rotatable bonds is 4. The topological polar surface area (TPSA) is 70.9 Å². The van der Waals surface area contributed by atoms with Crippen molar-refractivity contribution in [2.45, 2.75) is 12.8 Å². The van der Waals surface area contributed by atoms with Crippen LogP contribution in [0.3, 0.4) is 0 Å². The average molecular weight is 269 g/mol. The van der Waals surface area contributed by atoms with Crippen LogP contribution < -0.4 is 0 Å². The lowest BCUT2D eigenvalue weighted by Crippen LogP contribution is -1.97. The molecule has 0 spiro atoms. The van der Waals surface area contributed by atoms with E-state index in [-0.39, 0.29) is 6.42 Å². The number of benzene rings is 1. The first-order valence-corrected chi connectivity index (χ1v) is 6.46. The van der Waals surface area contributed by atoms with Gasteiger partial charge in [-0.05, 0) is 18.1 Å². The number of H-pyrrole nitrogens is 1. The second kappa shape index (κ2) is 4.85. The van der Waals surface area contributed by atoms with E-state index in [4.69, 9.17) is 5.11 Å².